The predicted octanol–water partition coefficient (Wildman–Crippen LogP) is 2.27. The summed E-state index contributed by atoms with van der Waals surface area (Å²) in [5.41, 5.74) is 2.97. The lowest BCUT2D eigenvalue weighted by molar-refractivity contribution is -0.389. The van der Waals surface area contributed by atoms with E-state index in [1.54, 1.807) is 16.3 Å². The summed E-state index contributed by atoms with van der Waals surface area (Å²) in [6.07, 6.45) is 1.65. The van der Waals surface area contributed by atoms with Gasteiger partial charge in [0.25, 0.3) is 4.96 Å². The molecule has 0 unspecified atom stereocenters. The molecular weight excluding hydrogens is 292 g/mol. The first kappa shape index (κ1) is 13.6. The molecule has 110 valence electrons. The lowest BCUT2D eigenvalue weighted by Gasteiger charge is -2.04. The molecule has 8 nitrogen and oxygen atoms in total. The van der Waals surface area contributed by atoms with Gasteiger partial charge in [-0.15, -0.1) is 0 Å². The fraction of sp³-hybridized carbons (Fsp3) is 0.333. The minimum atomic E-state index is -0.419. The van der Waals surface area contributed by atoms with E-state index in [1.165, 1.54) is 15.7 Å². The molecule has 3 rings (SSSR count). The Hall–Kier alpha value is -2.42. The molecule has 0 aromatic carbocycles. The molecular formula is C12H14N6O2S. The molecule has 0 amide bonds. The van der Waals surface area contributed by atoms with Gasteiger partial charge in [-0.1, -0.05) is 11.3 Å². The fourth-order valence-corrected chi connectivity index (χ4v) is 3.02. The van der Waals surface area contributed by atoms with E-state index >= 15 is 0 Å². The zero-order valence-electron chi connectivity index (χ0n) is 11.8. The molecule has 0 radical (unpaired) electrons. The van der Waals surface area contributed by atoms with Crippen molar-refractivity contribution in [3.05, 3.63) is 38.6 Å². The Bertz CT molecular complexity index is 830. The zero-order valence-corrected chi connectivity index (χ0v) is 12.6. The quantitative estimate of drug-likeness (QED) is 0.590. The largest absolute Gasteiger partial charge is 0.372 e. The molecule has 9 heteroatoms. The van der Waals surface area contributed by atoms with Crippen LogP contribution >= 0.6 is 11.3 Å². The fourth-order valence-electron chi connectivity index (χ4n) is 2.31. The van der Waals surface area contributed by atoms with E-state index in [-0.39, 0.29) is 11.6 Å². The summed E-state index contributed by atoms with van der Waals surface area (Å²) >= 11 is 1.36. The number of nitro groups is 1. The number of hydrogen-bond donors (Lipinski definition) is 1. The standard InChI is InChI=1S/C12H14N6O2S/c1-7-9(8(2)16(3)15-7)6-13-10-11(18(19)20)17-4-5-21-12(17)14-10/h4-5,13H,6H2,1-3H3. The number of thiazole rings is 1. The van der Waals surface area contributed by atoms with E-state index in [2.05, 4.69) is 15.4 Å². The van der Waals surface area contributed by atoms with Crippen LogP contribution in [-0.2, 0) is 13.6 Å². The van der Waals surface area contributed by atoms with E-state index in [9.17, 15) is 10.1 Å². The summed E-state index contributed by atoms with van der Waals surface area (Å²) in [7, 11) is 1.88. The highest BCUT2D eigenvalue weighted by atomic mass is 32.1. The molecule has 0 saturated carbocycles. The number of aromatic nitrogens is 4. The molecule has 0 aliphatic heterocycles. The van der Waals surface area contributed by atoms with Crippen LogP contribution in [0.2, 0.25) is 0 Å². The summed E-state index contributed by atoms with van der Waals surface area (Å²) in [4.78, 5) is 15.7. The van der Waals surface area contributed by atoms with Crippen LogP contribution in [-0.4, -0.2) is 24.1 Å². The van der Waals surface area contributed by atoms with E-state index in [4.69, 9.17) is 0 Å². The second kappa shape index (κ2) is 4.85. The van der Waals surface area contributed by atoms with Gasteiger partial charge in [0.05, 0.1) is 5.69 Å². The number of fused-ring (bicyclic) bond motifs is 1. The minimum Gasteiger partial charge on any atom is -0.359 e. The van der Waals surface area contributed by atoms with Gasteiger partial charge < -0.3 is 15.4 Å². The third kappa shape index (κ3) is 2.15. The monoisotopic (exact) mass is 306 g/mol. The molecule has 3 aromatic heterocycles. The second-order valence-corrected chi connectivity index (χ2v) is 5.60. The maximum absolute atomic E-state index is 11.2. The normalized spacial score (nSPS) is 11.2. The molecule has 0 saturated heterocycles. The molecule has 0 spiro atoms. The maximum Gasteiger partial charge on any atom is 0.372 e. The van der Waals surface area contributed by atoms with Crippen molar-refractivity contribution < 1.29 is 4.92 Å². The molecule has 0 bridgehead atoms. The van der Waals surface area contributed by atoms with Crippen LogP contribution in [0.4, 0.5) is 11.6 Å². The van der Waals surface area contributed by atoms with Crippen molar-refractivity contribution in [1.29, 1.82) is 0 Å². The smallest absolute Gasteiger partial charge is 0.359 e. The predicted molar refractivity (Wildman–Crippen MR) is 79.7 cm³/mol. The Labute approximate surface area is 124 Å². The molecule has 3 aromatic rings. The van der Waals surface area contributed by atoms with Crippen molar-refractivity contribution in [2.24, 2.45) is 7.05 Å². The van der Waals surface area contributed by atoms with Crippen molar-refractivity contribution in [2.45, 2.75) is 20.4 Å². The van der Waals surface area contributed by atoms with E-state index in [1.807, 2.05) is 20.9 Å². The number of imidazole rings is 1. The van der Waals surface area contributed by atoms with Crippen LogP contribution in [0.5, 0.6) is 0 Å². The molecule has 0 aliphatic rings. The van der Waals surface area contributed by atoms with Crippen molar-refractivity contribution in [1.82, 2.24) is 19.2 Å². The van der Waals surface area contributed by atoms with E-state index in [0.717, 1.165) is 17.0 Å². The van der Waals surface area contributed by atoms with Gasteiger partial charge in [-0.05, 0) is 18.8 Å². The maximum atomic E-state index is 11.2. The highest BCUT2D eigenvalue weighted by Gasteiger charge is 2.23. The van der Waals surface area contributed by atoms with Crippen LogP contribution in [0.15, 0.2) is 11.6 Å². The van der Waals surface area contributed by atoms with Crippen molar-refractivity contribution >= 4 is 27.9 Å². The minimum absolute atomic E-state index is 0.0366. The molecule has 21 heavy (non-hydrogen) atoms. The van der Waals surface area contributed by atoms with Crippen LogP contribution in [0.3, 0.4) is 0 Å². The van der Waals surface area contributed by atoms with Gasteiger partial charge >= 0.3 is 5.82 Å². The number of nitrogens with zero attached hydrogens (tertiary/aromatic N) is 5. The van der Waals surface area contributed by atoms with Gasteiger partial charge in [0.15, 0.2) is 0 Å². The Balaban J connectivity index is 1.93. The number of rotatable bonds is 4. The highest BCUT2D eigenvalue weighted by molar-refractivity contribution is 7.15. The van der Waals surface area contributed by atoms with Gasteiger partial charge in [0, 0.05) is 30.2 Å². The first-order chi connectivity index (χ1) is 9.99. The summed E-state index contributed by atoms with van der Waals surface area (Å²) < 4.78 is 3.28. The summed E-state index contributed by atoms with van der Waals surface area (Å²) in [5.74, 6) is 0.250. The first-order valence-electron chi connectivity index (χ1n) is 6.32. The van der Waals surface area contributed by atoms with Gasteiger partial charge in [0.1, 0.15) is 6.20 Å². The third-order valence-electron chi connectivity index (χ3n) is 3.50. The Morgan fingerprint density at radius 2 is 2.24 bits per heavy atom. The SMILES string of the molecule is Cc1nn(C)c(C)c1CNc1nc2sccn2c1[N+](=O)[O-]. The van der Waals surface area contributed by atoms with Crippen LogP contribution in [0.1, 0.15) is 17.0 Å². The average molecular weight is 306 g/mol. The lowest BCUT2D eigenvalue weighted by atomic mass is 10.2. The molecule has 0 fully saturated rings. The van der Waals surface area contributed by atoms with Crippen molar-refractivity contribution in [2.75, 3.05) is 5.32 Å². The second-order valence-electron chi connectivity index (χ2n) is 4.72. The molecule has 3 heterocycles. The van der Waals surface area contributed by atoms with Gasteiger partial charge in [-0.25, -0.2) is 0 Å². The molecule has 0 aliphatic carbocycles. The Kier molecular flexibility index (Phi) is 3.13. The number of aryl methyl sites for hydroxylation is 2. The van der Waals surface area contributed by atoms with Gasteiger partial charge in [-0.3, -0.25) is 4.68 Å². The van der Waals surface area contributed by atoms with Gasteiger partial charge in [0.2, 0.25) is 5.82 Å². The summed E-state index contributed by atoms with van der Waals surface area (Å²) in [6.45, 7) is 4.35. The average Bonchev–Trinajstić information content (AvgIpc) is 3.03. The van der Waals surface area contributed by atoms with Crippen molar-refractivity contribution in [3.63, 3.8) is 0 Å². The summed E-state index contributed by atoms with van der Waals surface area (Å²) in [5, 5.41) is 20.4. The van der Waals surface area contributed by atoms with E-state index in [0.29, 0.717) is 11.5 Å². The summed E-state index contributed by atoms with van der Waals surface area (Å²) in [6, 6.07) is 0. The van der Waals surface area contributed by atoms with Crippen molar-refractivity contribution in [3.8, 4) is 0 Å². The zero-order chi connectivity index (χ0) is 15.1. The van der Waals surface area contributed by atoms with Crippen LogP contribution in [0.25, 0.3) is 4.96 Å². The lowest BCUT2D eigenvalue weighted by Crippen LogP contribution is -2.05. The Morgan fingerprint density at radius 3 is 2.86 bits per heavy atom. The molecule has 0 atom stereocenters. The third-order valence-corrected chi connectivity index (χ3v) is 4.26. The first-order valence-corrected chi connectivity index (χ1v) is 7.20. The topological polar surface area (TPSA) is 90.3 Å². The molecule has 1 N–H and O–H groups in total. The van der Waals surface area contributed by atoms with Crippen LogP contribution < -0.4 is 5.32 Å². The highest BCUT2D eigenvalue weighted by Crippen LogP contribution is 2.28. The number of nitrogens with one attached hydrogen (secondary N) is 1. The van der Waals surface area contributed by atoms with Gasteiger partial charge in [-0.2, -0.15) is 14.5 Å². The van der Waals surface area contributed by atoms with Crippen LogP contribution in [0, 0.1) is 24.0 Å². The Morgan fingerprint density at radius 1 is 1.48 bits per heavy atom. The van der Waals surface area contributed by atoms with E-state index < -0.39 is 4.92 Å². The number of hydrogen-bond acceptors (Lipinski definition) is 6. The number of anilines is 1.